The maximum atomic E-state index is 6.05. The van der Waals surface area contributed by atoms with Gasteiger partial charge in [-0.3, -0.25) is 4.98 Å². The van der Waals surface area contributed by atoms with Gasteiger partial charge in [-0.1, -0.05) is 6.07 Å². The number of aromatic nitrogens is 1. The number of guanidine groups is 1. The van der Waals surface area contributed by atoms with Gasteiger partial charge in [0.05, 0.1) is 0 Å². The molecule has 5 heteroatoms. The maximum Gasteiger partial charge on any atom is 0.194 e. The Balaban J connectivity index is 2.18. The number of hydrogen-bond acceptors (Lipinski definition) is 5. The molecule has 1 atom stereocenters. The lowest BCUT2D eigenvalue weighted by atomic mass is 10.0. The molecule has 15 heavy (non-hydrogen) atoms. The fourth-order valence-corrected chi connectivity index (χ4v) is 1.46. The topological polar surface area (TPSA) is 89.3 Å². The van der Waals surface area contributed by atoms with Gasteiger partial charge in [0, 0.05) is 24.5 Å². The molecule has 0 bridgehead atoms. The predicted molar refractivity (Wildman–Crippen MR) is 58.8 cm³/mol. The van der Waals surface area contributed by atoms with Crippen molar-refractivity contribution in [1.29, 1.82) is 0 Å². The normalized spacial score (nSPS) is 24.5. The van der Waals surface area contributed by atoms with Gasteiger partial charge in [-0.25, -0.2) is 4.99 Å². The summed E-state index contributed by atoms with van der Waals surface area (Å²) in [5.74, 6) is 0.330. The zero-order valence-electron chi connectivity index (χ0n) is 8.22. The van der Waals surface area contributed by atoms with E-state index in [1.54, 1.807) is 18.5 Å². The number of aliphatic imine (C=N–C) groups is 1. The summed E-state index contributed by atoms with van der Waals surface area (Å²) >= 11 is 0. The van der Waals surface area contributed by atoms with Gasteiger partial charge in [-0.05, 0) is 18.2 Å². The Morgan fingerprint density at radius 2 is 2.27 bits per heavy atom. The van der Waals surface area contributed by atoms with Crippen molar-refractivity contribution in [1.82, 2.24) is 10.3 Å². The molecule has 0 aliphatic carbocycles. The molecule has 78 valence electrons. The highest BCUT2D eigenvalue weighted by Gasteiger charge is 2.24. The van der Waals surface area contributed by atoms with Crippen molar-refractivity contribution in [2.75, 3.05) is 0 Å². The Labute approximate surface area is 87.9 Å². The first-order valence-electron chi connectivity index (χ1n) is 4.66. The molecule has 2 rings (SSSR count). The van der Waals surface area contributed by atoms with E-state index in [9.17, 15) is 0 Å². The maximum absolute atomic E-state index is 6.05. The van der Waals surface area contributed by atoms with E-state index < -0.39 is 5.66 Å². The lowest BCUT2D eigenvalue weighted by Gasteiger charge is -2.24. The molecule has 1 aromatic rings. The van der Waals surface area contributed by atoms with E-state index in [-0.39, 0.29) is 0 Å². The Hall–Kier alpha value is -1.88. The molecule has 1 aliphatic heterocycles. The molecule has 0 spiro atoms. The van der Waals surface area contributed by atoms with E-state index in [0.29, 0.717) is 12.4 Å². The van der Waals surface area contributed by atoms with Crippen LogP contribution in [0.25, 0.3) is 0 Å². The van der Waals surface area contributed by atoms with Crippen LogP contribution in [0.1, 0.15) is 5.69 Å². The zero-order valence-corrected chi connectivity index (χ0v) is 8.22. The van der Waals surface area contributed by atoms with Gasteiger partial charge >= 0.3 is 0 Å². The van der Waals surface area contributed by atoms with Gasteiger partial charge in [-0.15, -0.1) is 0 Å². The molecule has 0 amide bonds. The molecule has 1 aliphatic rings. The first-order chi connectivity index (χ1) is 7.18. The lowest BCUT2D eigenvalue weighted by Crippen LogP contribution is -2.46. The number of nitrogens with one attached hydrogen (secondary N) is 1. The van der Waals surface area contributed by atoms with Gasteiger partial charge < -0.3 is 16.8 Å². The highest BCUT2D eigenvalue weighted by molar-refractivity contribution is 5.80. The average molecular weight is 203 g/mol. The van der Waals surface area contributed by atoms with E-state index in [1.807, 2.05) is 18.2 Å². The highest BCUT2D eigenvalue weighted by Crippen LogP contribution is 2.13. The third kappa shape index (κ3) is 2.32. The zero-order chi connectivity index (χ0) is 10.7. The molecular formula is C10H13N5. The number of nitrogens with two attached hydrogens (primary N) is 2. The van der Waals surface area contributed by atoms with Crippen molar-refractivity contribution in [3.63, 3.8) is 0 Å². The first-order valence-corrected chi connectivity index (χ1v) is 4.66. The number of pyridine rings is 1. The van der Waals surface area contributed by atoms with Crippen molar-refractivity contribution in [2.45, 2.75) is 12.1 Å². The summed E-state index contributed by atoms with van der Waals surface area (Å²) < 4.78 is 0. The van der Waals surface area contributed by atoms with Crippen LogP contribution in [0, 0.1) is 0 Å². The molecule has 0 saturated carbocycles. The molecule has 2 heterocycles. The van der Waals surface area contributed by atoms with Gasteiger partial charge in [0.1, 0.15) is 5.66 Å². The van der Waals surface area contributed by atoms with Crippen molar-refractivity contribution in [2.24, 2.45) is 16.5 Å². The fourth-order valence-electron chi connectivity index (χ4n) is 1.46. The van der Waals surface area contributed by atoms with Crippen molar-refractivity contribution in [3.8, 4) is 0 Å². The van der Waals surface area contributed by atoms with Crippen LogP contribution in [-0.4, -0.2) is 16.6 Å². The highest BCUT2D eigenvalue weighted by atomic mass is 15.2. The van der Waals surface area contributed by atoms with Crippen LogP contribution in [0.2, 0.25) is 0 Å². The van der Waals surface area contributed by atoms with Crippen molar-refractivity contribution in [3.05, 3.63) is 42.4 Å². The molecule has 5 nitrogen and oxygen atoms in total. The summed E-state index contributed by atoms with van der Waals surface area (Å²) in [4.78, 5) is 8.34. The Morgan fingerprint density at radius 1 is 1.40 bits per heavy atom. The summed E-state index contributed by atoms with van der Waals surface area (Å²) in [5, 5.41) is 2.77. The molecular weight excluding hydrogens is 190 g/mol. The minimum Gasteiger partial charge on any atom is -0.370 e. The van der Waals surface area contributed by atoms with Gasteiger partial charge in [0.15, 0.2) is 5.96 Å². The second-order valence-electron chi connectivity index (χ2n) is 3.46. The molecule has 1 unspecified atom stereocenters. The summed E-state index contributed by atoms with van der Waals surface area (Å²) in [7, 11) is 0. The largest absolute Gasteiger partial charge is 0.370 e. The van der Waals surface area contributed by atoms with Crippen molar-refractivity contribution < 1.29 is 0 Å². The van der Waals surface area contributed by atoms with E-state index >= 15 is 0 Å². The third-order valence-corrected chi connectivity index (χ3v) is 2.12. The van der Waals surface area contributed by atoms with E-state index in [2.05, 4.69) is 15.3 Å². The average Bonchev–Trinajstić information content (AvgIpc) is 2.18. The quantitative estimate of drug-likeness (QED) is 0.616. The second kappa shape index (κ2) is 3.70. The minimum absolute atomic E-state index is 0.330. The van der Waals surface area contributed by atoms with Crippen LogP contribution >= 0.6 is 0 Å². The predicted octanol–water partition coefficient (Wildman–Crippen LogP) is -0.289. The summed E-state index contributed by atoms with van der Waals surface area (Å²) in [6.07, 6.45) is 5.74. The summed E-state index contributed by atoms with van der Waals surface area (Å²) in [6.45, 7) is 0. The van der Waals surface area contributed by atoms with Crippen LogP contribution in [0.15, 0.2) is 41.7 Å². The smallest absolute Gasteiger partial charge is 0.194 e. The Bertz CT molecular complexity index is 398. The third-order valence-electron chi connectivity index (χ3n) is 2.12. The SMILES string of the molecule is NC1=NC(N)(Cc2ccccn2)C=CN1. The van der Waals surface area contributed by atoms with Gasteiger partial charge in [0.25, 0.3) is 0 Å². The number of rotatable bonds is 2. The Morgan fingerprint density at radius 3 is 2.93 bits per heavy atom. The second-order valence-corrected chi connectivity index (χ2v) is 3.46. The number of hydrogen-bond donors (Lipinski definition) is 3. The lowest BCUT2D eigenvalue weighted by molar-refractivity contribution is 0.535. The molecule has 0 fully saturated rings. The van der Waals surface area contributed by atoms with Crippen LogP contribution in [0.4, 0.5) is 0 Å². The van der Waals surface area contributed by atoms with Gasteiger partial charge in [0.2, 0.25) is 0 Å². The fraction of sp³-hybridized carbons (Fsp3) is 0.200. The van der Waals surface area contributed by atoms with Crippen LogP contribution in [0.5, 0.6) is 0 Å². The van der Waals surface area contributed by atoms with Gasteiger partial charge in [-0.2, -0.15) is 0 Å². The van der Waals surface area contributed by atoms with Crippen LogP contribution in [-0.2, 0) is 6.42 Å². The molecule has 0 saturated heterocycles. The van der Waals surface area contributed by atoms with E-state index in [0.717, 1.165) is 5.69 Å². The summed E-state index contributed by atoms with van der Waals surface area (Å²) in [6, 6.07) is 5.70. The van der Waals surface area contributed by atoms with E-state index in [4.69, 9.17) is 11.5 Å². The first kappa shape index (κ1) is 9.67. The standard InChI is InChI=1S/C10H13N5/c11-9-14-6-4-10(12,15-9)7-8-3-1-2-5-13-8/h1-6H,7,12H2,(H3,11,14,15). The number of nitrogens with zero attached hydrogens (tertiary/aromatic N) is 2. The van der Waals surface area contributed by atoms with Crippen LogP contribution < -0.4 is 16.8 Å². The molecule has 0 radical (unpaired) electrons. The Kier molecular flexibility index (Phi) is 2.39. The van der Waals surface area contributed by atoms with E-state index in [1.165, 1.54) is 0 Å². The summed E-state index contributed by atoms with van der Waals surface area (Å²) in [5.41, 5.74) is 11.7. The van der Waals surface area contributed by atoms with Crippen LogP contribution in [0.3, 0.4) is 0 Å². The molecule has 0 aromatic carbocycles. The minimum atomic E-state index is -0.788. The molecule has 1 aromatic heterocycles. The van der Waals surface area contributed by atoms with Crippen molar-refractivity contribution >= 4 is 5.96 Å². The molecule has 5 N–H and O–H groups in total. The monoisotopic (exact) mass is 203 g/mol.